The third-order valence-electron chi connectivity index (χ3n) is 4.03. The van der Waals surface area contributed by atoms with Crippen molar-refractivity contribution in [3.05, 3.63) is 70.8 Å². The first-order valence-corrected chi connectivity index (χ1v) is 12.6. The zero-order valence-electron chi connectivity index (χ0n) is 16.6. The topological polar surface area (TPSA) is 101 Å². The van der Waals surface area contributed by atoms with E-state index in [0.717, 1.165) is 22.7 Å². The van der Waals surface area contributed by atoms with Crippen molar-refractivity contribution in [2.24, 2.45) is 0 Å². The highest BCUT2D eigenvalue weighted by molar-refractivity contribution is 7.98. The Morgan fingerprint density at radius 1 is 1.07 bits per heavy atom. The van der Waals surface area contributed by atoms with Crippen LogP contribution in [0.3, 0.4) is 0 Å². The molecule has 3 aromatic rings. The summed E-state index contributed by atoms with van der Waals surface area (Å²) >= 11 is 2.46. The highest BCUT2D eigenvalue weighted by Crippen LogP contribution is 2.21. The van der Waals surface area contributed by atoms with Crippen LogP contribution in [0, 0.1) is 13.8 Å². The van der Waals surface area contributed by atoms with E-state index in [1.54, 1.807) is 30.0 Å². The monoisotopic (exact) mass is 462 g/mol. The fourth-order valence-corrected chi connectivity index (χ4v) is 5.53. The minimum atomic E-state index is -3.77. The second-order valence-electron chi connectivity index (χ2n) is 6.64. The largest absolute Gasteiger partial charge is 0.296 e. The maximum atomic E-state index is 12.4. The molecule has 0 bridgehead atoms. The quantitative estimate of drug-likeness (QED) is 0.372. The lowest BCUT2D eigenvalue weighted by Crippen LogP contribution is -2.26. The van der Waals surface area contributed by atoms with E-state index in [4.69, 9.17) is 0 Å². The number of benzene rings is 2. The van der Waals surface area contributed by atoms with Gasteiger partial charge in [0.15, 0.2) is 0 Å². The smallest absolute Gasteiger partial charge is 0.269 e. The molecule has 30 heavy (non-hydrogen) atoms. The number of amides is 1. The van der Waals surface area contributed by atoms with E-state index in [1.165, 1.54) is 11.1 Å². The van der Waals surface area contributed by atoms with E-state index in [2.05, 4.69) is 32.4 Å². The highest BCUT2D eigenvalue weighted by atomic mass is 32.2. The molecule has 0 saturated carbocycles. The Bertz CT molecular complexity index is 1130. The first-order chi connectivity index (χ1) is 14.3. The molecule has 10 heteroatoms. The molecule has 0 atom stereocenters. The second-order valence-corrected chi connectivity index (χ2v) is 10.7. The van der Waals surface area contributed by atoms with Crippen LogP contribution in [-0.2, 0) is 15.8 Å². The molecule has 0 radical (unpaired) electrons. The summed E-state index contributed by atoms with van der Waals surface area (Å²) in [6.07, 6.45) is 0. The lowest BCUT2D eigenvalue weighted by Gasteiger charge is -2.05. The number of nitrogens with zero attached hydrogens (tertiary/aromatic N) is 2. The number of aryl methyl sites for hydroxylation is 2. The normalized spacial score (nSPS) is 11.4. The number of anilines is 1. The Morgan fingerprint density at radius 3 is 2.53 bits per heavy atom. The van der Waals surface area contributed by atoms with Crippen LogP contribution in [-0.4, -0.2) is 36.8 Å². The zero-order chi connectivity index (χ0) is 21.6. The van der Waals surface area contributed by atoms with E-state index < -0.39 is 10.0 Å². The number of rotatable bonds is 9. The van der Waals surface area contributed by atoms with Gasteiger partial charge in [0.1, 0.15) is 0 Å². The van der Waals surface area contributed by atoms with E-state index >= 15 is 0 Å². The van der Waals surface area contributed by atoms with Gasteiger partial charge < -0.3 is 0 Å². The van der Waals surface area contributed by atoms with Gasteiger partial charge in [-0.05, 0) is 31.5 Å². The van der Waals surface area contributed by atoms with Crippen LogP contribution in [0.1, 0.15) is 27.0 Å². The minimum Gasteiger partial charge on any atom is -0.296 e. The van der Waals surface area contributed by atoms with Crippen LogP contribution in [0.15, 0.2) is 52.9 Å². The summed E-state index contributed by atoms with van der Waals surface area (Å²) in [6.45, 7) is 4.21. The number of hydrogen-bond acceptors (Lipinski definition) is 7. The fourth-order valence-electron chi connectivity index (χ4n) is 2.63. The summed E-state index contributed by atoms with van der Waals surface area (Å²) in [6, 6.07) is 15.3. The Morgan fingerprint density at radius 2 is 1.80 bits per heavy atom. The third kappa shape index (κ3) is 6.36. The molecule has 0 aliphatic heterocycles. The van der Waals surface area contributed by atoms with Gasteiger partial charge in [-0.15, -0.1) is 10.2 Å². The lowest BCUT2D eigenvalue weighted by molar-refractivity contribution is 0.102. The van der Waals surface area contributed by atoms with Crippen LogP contribution >= 0.6 is 23.1 Å². The molecule has 1 amide bonds. The summed E-state index contributed by atoms with van der Waals surface area (Å²) in [4.78, 5) is 12.3. The van der Waals surface area contributed by atoms with Crippen LogP contribution in [0.5, 0.6) is 0 Å². The van der Waals surface area contributed by atoms with Gasteiger partial charge >= 0.3 is 0 Å². The van der Waals surface area contributed by atoms with Crippen molar-refractivity contribution in [1.82, 2.24) is 14.9 Å². The molecule has 0 aliphatic rings. The van der Waals surface area contributed by atoms with Crippen molar-refractivity contribution < 1.29 is 13.2 Å². The predicted molar refractivity (Wildman–Crippen MR) is 122 cm³/mol. The maximum absolute atomic E-state index is 12.4. The van der Waals surface area contributed by atoms with E-state index in [0.29, 0.717) is 11.3 Å². The standard InChI is InChI=1S/C20H22N4O3S3/c1-14-5-3-7-16(11-14)13-28-10-9-21-30(26,27)20-24-23-19(29-20)22-18(25)17-8-4-6-15(2)12-17/h3-8,11-12,21H,9-10,13H2,1-2H3,(H,22,23,25). The summed E-state index contributed by atoms with van der Waals surface area (Å²) in [7, 11) is -3.77. The minimum absolute atomic E-state index is 0.135. The van der Waals surface area contributed by atoms with Crippen molar-refractivity contribution in [2.75, 3.05) is 17.6 Å². The molecule has 158 valence electrons. The van der Waals surface area contributed by atoms with Crippen LogP contribution in [0.25, 0.3) is 0 Å². The SMILES string of the molecule is Cc1cccc(CSCCNS(=O)(=O)c2nnc(NC(=O)c3cccc(C)c3)s2)c1. The summed E-state index contributed by atoms with van der Waals surface area (Å²) in [5.41, 5.74) is 3.84. The number of carbonyl (C=O) groups excluding carboxylic acids is 1. The van der Waals surface area contributed by atoms with Crippen molar-refractivity contribution in [1.29, 1.82) is 0 Å². The van der Waals surface area contributed by atoms with E-state index in [-0.39, 0.29) is 21.9 Å². The number of sulfonamides is 1. The zero-order valence-corrected chi connectivity index (χ0v) is 19.0. The molecular weight excluding hydrogens is 440 g/mol. The van der Waals surface area contributed by atoms with Gasteiger partial charge in [0.25, 0.3) is 15.9 Å². The summed E-state index contributed by atoms with van der Waals surface area (Å²) < 4.78 is 27.1. The molecule has 7 nitrogen and oxygen atoms in total. The molecule has 0 spiro atoms. The van der Waals surface area contributed by atoms with Crippen molar-refractivity contribution >= 4 is 44.2 Å². The van der Waals surface area contributed by atoms with E-state index in [9.17, 15) is 13.2 Å². The first-order valence-electron chi connectivity index (χ1n) is 9.18. The Balaban J connectivity index is 1.49. The van der Waals surface area contributed by atoms with Crippen molar-refractivity contribution in [3.8, 4) is 0 Å². The molecule has 1 aromatic heterocycles. The van der Waals surface area contributed by atoms with Gasteiger partial charge in [-0.25, -0.2) is 13.1 Å². The van der Waals surface area contributed by atoms with Gasteiger partial charge in [0.05, 0.1) is 0 Å². The molecule has 2 N–H and O–H groups in total. The van der Waals surface area contributed by atoms with Crippen LogP contribution in [0.4, 0.5) is 5.13 Å². The Hall–Kier alpha value is -2.27. The predicted octanol–water partition coefficient (Wildman–Crippen LogP) is 3.62. The van der Waals surface area contributed by atoms with Gasteiger partial charge in [-0.2, -0.15) is 11.8 Å². The summed E-state index contributed by atoms with van der Waals surface area (Å²) in [5, 5.41) is 10.2. The third-order valence-corrected chi connectivity index (χ3v) is 7.72. The Kier molecular flexibility index (Phi) is 7.59. The van der Waals surface area contributed by atoms with Crippen molar-refractivity contribution in [3.63, 3.8) is 0 Å². The molecule has 1 heterocycles. The molecular formula is C20H22N4O3S3. The van der Waals surface area contributed by atoms with Crippen LogP contribution in [0.2, 0.25) is 0 Å². The highest BCUT2D eigenvalue weighted by Gasteiger charge is 2.20. The maximum Gasteiger partial charge on any atom is 0.269 e. The average molecular weight is 463 g/mol. The number of nitrogens with one attached hydrogen (secondary N) is 2. The molecule has 0 unspecified atom stereocenters. The number of hydrogen-bond donors (Lipinski definition) is 2. The van der Waals surface area contributed by atoms with Gasteiger partial charge in [0.2, 0.25) is 9.47 Å². The van der Waals surface area contributed by atoms with Gasteiger partial charge in [-0.1, -0.05) is 58.9 Å². The Labute approximate surface area is 184 Å². The summed E-state index contributed by atoms with van der Waals surface area (Å²) in [5.74, 6) is 1.08. The molecule has 2 aromatic carbocycles. The lowest BCUT2D eigenvalue weighted by atomic mass is 10.1. The fraction of sp³-hybridized carbons (Fsp3) is 0.250. The van der Waals surface area contributed by atoms with Crippen molar-refractivity contribution in [2.45, 2.75) is 23.9 Å². The number of thioether (sulfide) groups is 1. The number of aromatic nitrogens is 2. The molecule has 0 saturated heterocycles. The van der Waals surface area contributed by atoms with Gasteiger partial charge in [-0.3, -0.25) is 10.1 Å². The molecule has 0 fully saturated rings. The number of carbonyl (C=O) groups is 1. The second kappa shape index (κ2) is 10.2. The molecule has 0 aliphatic carbocycles. The molecule has 3 rings (SSSR count). The van der Waals surface area contributed by atoms with Gasteiger partial charge in [0, 0.05) is 23.6 Å². The first kappa shape index (κ1) is 22.4. The average Bonchev–Trinajstić information content (AvgIpc) is 3.17. The van der Waals surface area contributed by atoms with Crippen LogP contribution < -0.4 is 10.0 Å². The van der Waals surface area contributed by atoms with E-state index in [1.807, 2.05) is 32.0 Å².